The van der Waals surface area contributed by atoms with E-state index in [0.717, 1.165) is 0 Å². The van der Waals surface area contributed by atoms with Crippen LogP contribution in [0.2, 0.25) is 0 Å². The molecule has 0 heterocycles. The summed E-state index contributed by atoms with van der Waals surface area (Å²) in [5.41, 5.74) is 6.30. The lowest BCUT2D eigenvalue weighted by Crippen LogP contribution is -2.11. The van der Waals surface area contributed by atoms with E-state index in [1.807, 2.05) is 0 Å². The maximum Gasteiger partial charge on any atom is 0.142 e. The highest BCUT2D eigenvalue weighted by Gasteiger charge is 2.12. The lowest BCUT2D eigenvalue weighted by atomic mass is 10.0. The molecule has 2 N–H and O–H groups in total. The van der Waals surface area contributed by atoms with Crippen LogP contribution in [0.15, 0.2) is 22.7 Å². The van der Waals surface area contributed by atoms with E-state index in [2.05, 4.69) is 21.9 Å². The first-order valence-corrected chi connectivity index (χ1v) is 5.09. The number of rotatable bonds is 3. The highest BCUT2D eigenvalue weighted by molar-refractivity contribution is 9.10. The molecule has 0 bridgehead atoms. The van der Waals surface area contributed by atoms with Crippen LogP contribution in [0.5, 0.6) is 0 Å². The minimum absolute atomic E-state index is 0.294. The zero-order valence-electron chi connectivity index (χ0n) is 7.63. The van der Waals surface area contributed by atoms with Crippen molar-refractivity contribution in [3.8, 4) is 12.3 Å². The Morgan fingerprint density at radius 2 is 2.29 bits per heavy atom. The van der Waals surface area contributed by atoms with Gasteiger partial charge < -0.3 is 5.73 Å². The molecule has 0 aliphatic rings. The van der Waals surface area contributed by atoms with Crippen molar-refractivity contribution >= 4 is 15.9 Å². The second kappa shape index (κ2) is 5.14. The zero-order chi connectivity index (χ0) is 10.6. The molecule has 0 saturated carbocycles. The maximum atomic E-state index is 13.5. The number of nitrogens with two attached hydrogens (primary N) is 1. The van der Waals surface area contributed by atoms with Gasteiger partial charge >= 0.3 is 0 Å². The van der Waals surface area contributed by atoms with Gasteiger partial charge in [-0.05, 0) is 28.4 Å². The normalized spacial score (nSPS) is 12.1. The van der Waals surface area contributed by atoms with Crippen LogP contribution in [0.4, 0.5) is 4.39 Å². The molecule has 0 aliphatic carbocycles. The molecule has 1 unspecified atom stereocenters. The first-order chi connectivity index (χ1) is 6.66. The van der Waals surface area contributed by atoms with Crippen molar-refractivity contribution in [1.29, 1.82) is 0 Å². The molecule has 1 atom stereocenters. The third-order valence-corrected chi connectivity index (χ3v) is 2.59. The molecule has 0 aliphatic heterocycles. The second-order valence-corrected chi connectivity index (χ2v) is 3.85. The van der Waals surface area contributed by atoms with Crippen LogP contribution in [0.3, 0.4) is 0 Å². The van der Waals surface area contributed by atoms with E-state index < -0.39 is 0 Å². The van der Waals surface area contributed by atoms with Crippen molar-refractivity contribution in [3.05, 3.63) is 34.1 Å². The summed E-state index contributed by atoms with van der Waals surface area (Å²) < 4.78 is 13.9. The zero-order valence-corrected chi connectivity index (χ0v) is 9.22. The fraction of sp³-hybridized carbons (Fsp3) is 0.273. The van der Waals surface area contributed by atoms with Crippen molar-refractivity contribution in [3.63, 3.8) is 0 Å². The fourth-order valence-corrected chi connectivity index (χ4v) is 1.58. The van der Waals surface area contributed by atoms with Gasteiger partial charge in [-0.3, -0.25) is 0 Å². The Kier molecular flexibility index (Phi) is 4.12. The summed E-state index contributed by atoms with van der Waals surface area (Å²) in [5, 5.41) is 0. The smallest absolute Gasteiger partial charge is 0.142 e. The summed E-state index contributed by atoms with van der Waals surface area (Å²) in [6, 6.07) is 4.76. The van der Waals surface area contributed by atoms with Gasteiger partial charge in [0.05, 0.1) is 4.47 Å². The fourth-order valence-electron chi connectivity index (χ4n) is 1.20. The van der Waals surface area contributed by atoms with E-state index in [4.69, 9.17) is 12.2 Å². The Morgan fingerprint density at radius 1 is 1.57 bits per heavy atom. The Hall–Kier alpha value is -0.850. The number of hydrogen-bond acceptors (Lipinski definition) is 1. The van der Waals surface area contributed by atoms with Crippen LogP contribution in [0, 0.1) is 18.2 Å². The summed E-state index contributed by atoms with van der Waals surface area (Å²) in [7, 11) is 0. The topological polar surface area (TPSA) is 26.0 Å². The molecule has 3 heteroatoms. The van der Waals surface area contributed by atoms with Crippen molar-refractivity contribution in [1.82, 2.24) is 0 Å². The minimum atomic E-state index is -0.330. The Morgan fingerprint density at radius 3 is 2.93 bits per heavy atom. The van der Waals surface area contributed by atoms with Crippen LogP contribution in [-0.4, -0.2) is 0 Å². The summed E-state index contributed by atoms with van der Waals surface area (Å²) in [6.45, 7) is 0. The predicted octanol–water partition coefficient (Wildman–Crippen LogP) is 3.00. The largest absolute Gasteiger partial charge is 0.324 e. The van der Waals surface area contributed by atoms with E-state index in [-0.39, 0.29) is 11.9 Å². The Labute approximate surface area is 91.6 Å². The summed E-state index contributed by atoms with van der Waals surface area (Å²) in [5.74, 6) is 2.19. The standard InChI is InChI=1S/C11H11BrFN/c1-2-3-7-10(14)8-5-4-6-9(12)11(8)13/h1,4-6,10H,3,7,14H2. The van der Waals surface area contributed by atoms with Crippen LogP contribution in [0.25, 0.3) is 0 Å². The minimum Gasteiger partial charge on any atom is -0.324 e. The molecular formula is C11H11BrFN. The van der Waals surface area contributed by atoms with Crippen molar-refractivity contribution < 1.29 is 4.39 Å². The average molecular weight is 256 g/mol. The first kappa shape index (κ1) is 11.2. The molecule has 14 heavy (non-hydrogen) atoms. The number of benzene rings is 1. The van der Waals surface area contributed by atoms with Gasteiger partial charge in [0.15, 0.2) is 0 Å². The van der Waals surface area contributed by atoms with Crippen LogP contribution >= 0.6 is 15.9 Å². The number of hydrogen-bond donors (Lipinski definition) is 1. The van der Waals surface area contributed by atoms with Crippen LogP contribution in [0.1, 0.15) is 24.4 Å². The van der Waals surface area contributed by atoms with Crippen molar-refractivity contribution in [2.75, 3.05) is 0 Å². The van der Waals surface area contributed by atoms with Gasteiger partial charge in [0.2, 0.25) is 0 Å². The summed E-state index contributed by atoms with van der Waals surface area (Å²) in [4.78, 5) is 0. The Bertz CT molecular complexity index is 357. The quantitative estimate of drug-likeness (QED) is 0.826. The lowest BCUT2D eigenvalue weighted by Gasteiger charge is -2.11. The van der Waals surface area contributed by atoms with E-state index in [1.165, 1.54) is 0 Å². The van der Waals surface area contributed by atoms with Gasteiger partial charge in [0.25, 0.3) is 0 Å². The maximum absolute atomic E-state index is 13.5. The first-order valence-electron chi connectivity index (χ1n) is 4.29. The third kappa shape index (κ3) is 2.57. The molecule has 1 nitrogen and oxygen atoms in total. The summed E-state index contributed by atoms with van der Waals surface area (Å²) >= 11 is 3.11. The highest BCUT2D eigenvalue weighted by Crippen LogP contribution is 2.24. The van der Waals surface area contributed by atoms with Gasteiger partial charge in [0.1, 0.15) is 5.82 Å². The van der Waals surface area contributed by atoms with Gasteiger partial charge in [0, 0.05) is 18.0 Å². The van der Waals surface area contributed by atoms with E-state index >= 15 is 0 Å². The van der Waals surface area contributed by atoms with Gasteiger partial charge in [-0.2, -0.15) is 0 Å². The van der Waals surface area contributed by atoms with Crippen molar-refractivity contribution in [2.24, 2.45) is 5.73 Å². The summed E-state index contributed by atoms with van der Waals surface area (Å²) in [6.07, 6.45) is 6.28. The van der Waals surface area contributed by atoms with E-state index in [1.54, 1.807) is 18.2 Å². The molecule has 74 valence electrons. The number of halogens is 2. The molecular weight excluding hydrogens is 245 g/mol. The number of terminal acetylenes is 1. The third-order valence-electron chi connectivity index (χ3n) is 1.98. The molecule has 0 amide bonds. The van der Waals surface area contributed by atoms with Crippen molar-refractivity contribution in [2.45, 2.75) is 18.9 Å². The average Bonchev–Trinajstić information content (AvgIpc) is 2.18. The molecule has 0 saturated heterocycles. The van der Waals surface area contributed by atoms with E-state index in [0.29, 0.717) is 22.9 Å². The second-order valence-electron chi connectivity index (χ2n) is 2.99. The predicted molar refractivity (Wildman–Crippen MR) is 59.1 cm³/mol. The molecule has 1 aromatic rings. The SMILES string of the molecule is C#CCCC(N)c1cccc(Br)c1F. The monoisotopic (exact) mass is 255 g/mol. The highest BCUT2D eigenvalue weighted by atomic mass is 79.9. The molecule has 0 radical (unpaired) electrons. The van der Waals surface area contributed by atoms with Gasteiger partial charge in [-0.1, -0.05) is 12.1 Å². The van der Waals surface area contributed by atoms with Gasteiger partial charge in [-0.15, -0.1) is 12.3 Å². The molecule has 1 rings (SSSR count). The van der Waals surface area contributed by atoms with Crippen LogP contribution in [-0.2, 0) is 0 Å². The van der Waals surface area contributed by atoms with Crippen LogP contribution < -0.4 is 5.73 Å². The Balaban J connectivity index is 2.85. The molecule has 1 aromatic carbocycles. The molecule has 0 fully saturated rings. The van der Waals surface area contributed by atoms with E-state index in [9.17, 15) is 4.39 Å². The molecule has 0 spiro atoms. The molecule has 0 aromatic heterocycles. The van der Waals surface area contributed by atoms with Gasteiger partial charge in [-0.25, -0.2) is 4.39 Å². The lowest BCUT2D eigenvalue weighted by molar-refractivity contribution is 0.563.